The maximum atomic E-state index is 12.1. The quantitative estimate of drug-likeness (QED) is 0.774. The van der Waals surface area contributed by atoms with E-state index in [-0.39, 0.29) is 4.75 Å². The van der Waals surface area contributed by atoms with Gasteiger partial charge in [0.25, 0.3) is 0 Å². The van der Waals surface area contributed by atoms with E-state index in [1.807, 2.05) is 18.2 Å². The Morgan fingerprint density at radius 1 is 1.25 bits per heavy atom. The molecule has 0 heterocycles. The van der Waals surface area contributed by atoms with Gasteiger partial charge in [-0.3, -0.25) is 4.79 Å². The number of thioether (sulfide) groups is 1. The molecule has 1 aromatic carbocycles. The molecule has 0 aromatic heterocycles. The summed E-state index contributed by atoms with van der Waals surface area (Å²) in [6.45, 7) is 0. The van der Waals surface area contributed by atoms with Crippen LogP contribution >= 0.6 is 11.8 Å². The van der Waals surface area contributed by atoms with E-state index in [0.29, 0.717) is 11.7 Å². The Hall–Kier alpha value is -1.02. The highest BCUT2D eigenvalue weighted by Crippen LogP contribution is 2.50. The average Bonchev–Trinajstić information content (AvgIpc) is 2.66. The van der Waals surface area contributed by atoms with E-state index in [2.05, 4.69) is 18.2 Å². The summed E-state index contributed by atoms with van der Waals surface area (Å²) < 4.78 is -0.152. The molecule has 1 nitrogen and oxygen atoms in total. The molecule has 2 heteroatoms. The molecule has 3 rings (SSSR count). The molecule has 16 heavy (non-hydrogen) atoms. The number of allylic oxidation sites excluding steroid dienone is 2. The van der Waals surface area contributed by atoms with Gasteiger partial charge < -0.3 is 0 Å². The van der Waals surface area contributed by atoms with Crippen molar-refractivity contribution in [2.24, 2.45) is 5.92 Å². The van der Waals surface area contributed by atoms with Crippen LogP contribution in [0.1, 0.15) is 19.3 Å². The minimum atomic E-state index is -0.152. The lowest BCUT2D eigenvalue weighted by molar-refractivity contribution is -0.117. The first-order valence-corrected chi connectivity index (χ1v) is 6.57. The molecule has 82 valence electrons. The molecule has 0 N–H and O–H groups in total. The zero-order chi connectivity index (χ0) is 11.0. The van der Waals surface area contributed by atoms with Crippen LogP contribution in [0.2, 0.25) is 0 Å². The maximum absolute atomic E-state index is 12.1. The third-order valence-corrected chi connectivity index (χ3v) is 5.01. The van der Waals surface area contributed by atoms with E-state index in [4.69, 9.17) is 0 Å². The summed E-state index contributed by atoms with van der Waals surface area (Å²) in [4.78, 5) is 13.3. The van der Waals surface area contributed by atoms with Crippen molar-refractivity contribution in [2.75, 3.05) is 0 Å². The summed E-state index contributed by atoms with van der Waals surface area (Å²) >= 11 is 1.76. The van der Waals surface area contributed by atoms with Crippen LogP contribution < -0.4 is 0 Å². The van der Waals surface area contributed by atoms with Crippen LogP contribution in [-0.4, -0.2) is 10.5 Å². The first-order valence-electron chi connectivity index (χ1n) is 5.75. The van der Waals surface area contributed by atoms with E-state index >= 15 is 0 Å². The molecule has 0 spiro atoms. The van der Waals surface area contributed by atoms with Crippen molar-refractivity contribution in [3.8, 4) is 0 Å². The van der Waals surface area contributed by atoms with Gasteiger partial charge in [-0.25, -0.2) is 0 Å². The maximum Gasteiger partial charge on any atom is 0.171 e. The van der Waals surface area contributed by atoms with E-state index in [0.717, 1.165) is 12.8 Å². The first-order chi connectivity index (χ1) is 7.78. The molecule has 1 saturated carbocycles. The fourth-order valence-electron chi connectivity index (χ4n) is 2.67. The van der Waals surface area contributed by atoms with Crippen molar-refractivity contribution < 1.29 is 4.79 Å². The van der Waals surface area contributed by atoms with E-state index in [1.54, 1.807) is 17.8 Å². The third kappa shape index (κ3) is 1.61. The topological polar surface area (TPSA) is 17.1 Å². The minimum Gasteiger partial charge on any atom is -0.293 e. The van der Waals surface area contributed by atoms with Gasteiger partial charge in [0.2, 0.25) is 0 Å². The van der Waals surface area contributed by atoms with Crippen LogP contribution in [-0.2, 0) is 4.79 Å². The second-order valence-electron chi connectivity index (χ2n) is 4.64. The van der Waals surface area contributed by atoms with E-state index in [9.17, 15) is 4.79 Å². The molecular formula is C14H14OS. The standard InChI is InChI=1S/C14H14OS/c15-13-7-6-11-8-9-14(13,10-11)16-12-4-2-1-3-5-12/h1-7,11H,8-10H2. The third-order valence-electron chi connectivity index (χ3n) is 3.54. The van der Waals surface area contributed by atoms with Crippen molar-refractivity contribution in [1.29, 1.82) is 0 Å². The van der Waals surface area contributed by atoms with Crippen LogP contribution in [0.3, 0.4) is 0 Å². The summed E-state index contributed by atoms with van der Waals surface area (Å²) in [6, 6.07) is 10.3. The van der Waals surface area contributed by atoms with Gasteiger partial charge in [0.15, 0.2) is 5.78 Å². The van der Waals surface area contributed by atoms with Gasteiger partial charge >= 0.3 is 0 Å². The van der Waals surface area contributed by atoms with Gasteiger partial charge in [-0.2, -0.15) is 0 Å². The fourth-order valence-corrected chi connectivity index (χ4v) is 4.10. The van der Waals surface area contributed by atoms with Crippen molar-refractivity contribution in [1.82, 2.24) is 0 Å². The summed E-state index contributed by atoms with van der Waals surface area (Å²) in [7, 11) is 0. The number of ketones is 1. The normalized spacial score (nSPS) is 32.0. The summed E-state index contributed by atoms with van der Waals surface area (Å²) in [5.41, 5.74) is 0. The number of carbonyl (C=O) groups excluding carboxylic acids is 1. The molecule has 2 bridgehead atoms. The highest BCUT2D eigenvalue weighted by Gasteiger charge is 2.46. The number of rotatable bonds is 2. The van der Waals surface area contributed by atoms with Crippen molar-refractivity contribution >= 4 is 17.5 Å². The Morgan fingerprint density at radius 3 is 2.88 bits per heavy atom. The smallest absolute Gasteiger partial charge is 0.171 e. The summed E-state index contributed by atoms with van der Waals surface area (Å²) in [5, 5.41) is 0. The highest BCUT2D eigenvalue weighted by atomic mass is 32.2. The predicted octanol–water partition coefficient (Wildman–Crippen LogP) is 3.46. The Kier molecular flexibility index (Phi) is 2.40. The number of carbonyl (C=O) groups is 1. The SMILES string of the molecule is O=C1C=CC2CCC1(Sc1ccccc1)C2. The molecule has 0 aliphatic heterocycles. The summed E-state index contributed by atoms with van der Waals surface area (Å²) in [5.74, 6) is 0.948. The molecular weight excluding hydrogens is 216 g/mol. The summed E-state index contributed by atoms with van der Waals surface area (Å²) in [6.07, 6.45) is 7.13. The second kappa shape index (κ2) is 3.77. The molecule has 0 saturated heterocycles. The monoisotopic (exact) mass is 230 g/mol. The van der Waals surface area contributed by atoms with Crippen molar-refractivity contribution in [3.05, 3.63) is 42.5 Å². The largest absolute Gasteiger partial charge is 0.293 e. The number of hydrogen-bond donors (Lipinski definition) is 0. The Morgan fingerprint density at radius 2 is 2.06 bits per heavy atom. The molecule has 2 aliphatic rings. The van der Waals surface area contributed by atoms with Gasteiger partial charge in [-0.15, -0.1) is 11.8 Å². The lowest BCUT2D eigenvalue weighted by Crippen LogP contribution is -2.32. The van der Waals surface area contributed by atoms with Gasteiger partial charge in [-0.05, 0) is 43.4 Å². The fraction of sp³-hybridized carbons (Fsp3) is 0.357. The lowest BCUT2D eigenvalue weighted by Gasteiger charge is -2.27. The van der Waals surface area contributed by atoms with Gasteiger partial charge in [0.05, 0.1) is 4.75 Å². The van der Waals surface area contributed by atoms with E-state index in [1.165, 1.54) is 11.3 Å². The number of benzene rings is 1. The van der Waals surface area contributed by atoms with E-state index < -0.39 is 0 Å². The lowest BCUT2D eigenvalue weighted by atomic mass is 9.93. The van der Waals surface area contributed by atoms with Gasteiger partial charge in [0.1, 0.15) is 0 Å². The molecule has 2 unspecified atom stereocenters. The molecule has 0 radical (unpaired) electrons. The Bertz CT molecular complexity index is 437. The zero-order valence-corrected chi connectivity index (χ0v) is 9.87. The average molecular weight is 230 g/mol. The van der Waals surface area contributed by atoms with Crippen LogP contribution in [0.4, 0.5) is 0 Å². The number of fused-ring (bicyclic) bond motifs is 2. The van der Waals surface area contributed by atoms with Gasteiger partial charge in [-0.1, -0.05) is 24.3 Å². The van der Waals surface area contributed by atoms with Gasteiger partial charge in [0, 0.05) is 4.90 Å². The number of hydrogen-bond acceptors (Lipinski definition) is 2. The Balaban J connectivity index is 1.89. The minimum absolute atomic E-state index is 0.152. The predicted molar refractivity (Wildman–Crippen MR) is 66.5 cm³/mol. The van der Waals surface area contributed by atoms with Crippen molar-refractivity contribution in [3.63, 3.8) is 0 Å². The molecule has 2 atom stereocenters. The molecule has 0 amide bonds. The molecule has 1 aromatic rings. The van der Waals surface area contributed by atoms with Crippen LogP contribution in [0.15, 0.2) is 47.4 Å². The van der Waals surface area contributed by atoms with Crippen molar-refractivity contribution in [2.45, 2.75) is 28.9 Å². The first kappa shape index (κ1) is 10.2. The second-order valence-corrected chi connectivity index (χ2v) is 6.09. The molecule has 1 fully saturated rings. The molecule has 2 aliphatic carbocycles. The zero-order valence-electron chi connectivity index (χ0n) is 9.06. The Labute approximate surface area is 99.9 Å². The van der Waals surface area contributed by atoms with Crippen LogP contribution in [0.5, 0.6) is 0 Å². The van der Waals surface area contributed by atoms with Crippen LogP contribution in [0, 0.1) is 5.92 Å². The van der Waals surface area contributed by atoms with Crippen LogP contribution in [0.25, 0.3) is 0 Å². The highest BCUT2D eigenvalue weighted by molar-refractivity contribution is 8.01.